The molecule has 38 heavy (non-hydrogen) atoms. The predicted octanol–water partition coefficient (Wildman–Crippen LogP) is 4.94. The zero-order chi connectivity index (χ0) is 28.2. The van der Waals surface area contributed by atoms with Crippen molar-refractivity contribution in [1.82, 2.24) is 10.6 Å². The van der Waals surface area contributed by atoms with Crippen molar-refractivity contribution in [2.45, 2.75) is 72.6 Å². The molecule has 2 bridgehead atoms. The standard InChI is InChI=1S/C29H41N2O6P/c1-19-10-6-5-7-11-21(3)29(35)31-24-18-26(33)27(30-14-8-9-15-38(36)37)23(28(24)34)17-20(2)12-13-25(32)22(4)16-19/h5,7,11,16,18,20,30,32,36-37H,6,8-10,12-15,17H2,1-4H3,(H,31,35)/b7-5-,19-16+,21-11+,25-22-. The van der Waals surface area contributed by atoms with Gasteiger partial charge in [0.2, 0.25) is 11.6 Å². The maximum absolute atomic E-state index is 13.5. The molecule has 0 fully saturated rings. The van der Waals surface area contributed by atoms with Crippen molar-refractivity contribution >= 4 is 25.8 Å². The summed E-state index contributed by atoms with van der Waals surface area (Å²) in [5, 5.41) is 16.3. The van der Waals surface area contributed by atoms with Crippen LogP contribution in [0.3, 0.4) is 0 Å². The van der Waals surface area contributed by atoms with E-state index in [2.05, 4.69) is 10.6 Å². The maximum atomic E-state index is 13.5. The van der Waals surface area contributed by atoms with Crippen LogP contribution in [-0.2, 0) is 14.4 Å². The molecular weight excluding hydrogens is 503 g/mol. The molecule has 0 radical (unpaired) electrons. The Morgan fingerprint density at radius 3 is 2.53 bits per heavy atom. The molecule has 0 aromatic carbocycles. The lowest BCUT2D eigenvalue weighted by atomic mass is 9.87. The van der Waals surface area contributed by atoms with Gasteiger partial charge < -0.3 is 25.5 Å². The summed E-state index contributed by atoms with van der Waals surface area (Å²) < 4.78 is 0. The van der Waals surface area contributed by atoms with Gasteiger partial charge >= 0.3 is 0 Å². The van der Waals surface area contributed by atoms with Crippen LogP contribution in [0.1, 0.15) is 72.6 Å². The number of Topliss-reactive ketones (excluding diaryl/α,β-unsaturated/α-hetero) is 1. The number of rotatable bonds is 6. The highest BCUT2D eigenvalue weighted by molar-refractivity contribution is 7.45. The normalized spacial score (nSPS) is 26.3. The highest BCUT2D eigenvalue weighted by Gasteiger charge is 2.30. The van der Waals surface area contributed by atoms with Gasteiger partial charge in [0.15, 0.2) is 8.38 Å². The van der Waals surface area contributed by atoms with Crippen molar-refractivity contribution in [2.75, 3.05) is 12.7 Å². The van der Waals surface area contributed by atoms with Gasteiger partial charge in [-0.05, 0) is 70.8 Å². The predicted molar refractivity (Wildman–Crippen MR) is 151 cm³/mol. The van der Waals surface area contributed by atoms with E-state index in [0.717, 1.165) is 30.1 Å². The summed E-state index contributed by atoms with van der Waals surface area (Å²) in [6, 6.07) is 0. The van der Waals surface area contributed by atoms with E-state index in [1.54, 1.807) is 19.1 Å². The molecule has 0 spiro atoms. The molecule has 208 valence electrons. The number of carbonyl (C=O) groups excluding carboxylic acids is 3. The minimum absolute atomic E-state index is 0.0196. The number of aliphatic hydroxyl groups excluding tert-OH is 1. The van der Waals surface area contributed by atoms with Crippen molar-refractivity contribution < 1.29 is 29.3 Å². The van der Waals surface area contributed by atoms with Crippen LogP contribution in [0, 0.1) is 5.92 Å². The van der Waals surface area contributed by atoms with Crippen molar-refractivity contribution in [3.8, 4) is 0 Å². The molecule has 5 N–H and O–H groups in total. The highest BCUT2D eigenvalue weighted by atomic mass is 31.2. The SMILES string of the molecule is CC1=C(/O)CCC(C)CC2=C(NCCCCP(O)O)C(=O)C=C(NC(=O)/C(C)=C/C=C\CC\C(C)=C\1)C2=O. The second kappa shape index (κ2) is 15.6. The van der Waals surface area contributed by atoms with E-state index in [1.807, 2.05) is 32.9 Å². The fraction of sp³-hybridized carbons (Fsp3) is 0.483. The summed E-state index contributed by atoms with van der Waals surface area (Å²) in [5.41, 5.74) is 2.84. The lowest BCUT2D eigenvalue weighted by Crippen LogP contribution is -2.36. The zero-order valence-corrected chi connectivity index (χ0v) is 23.7. The number of hydrogen-bond acceptors (Lipinski definition) is 7. The van der Waals surface area contributed by atoms with Crippen molar-refractivity contribution in [3.63, 3.8) is 0 Å². The monoisotopic (exact) mass is 544 g/mol. The molecule has 8 nitrogen and oxygen atoms in total. The first-order chi connectivity index (χ1) is 18.0. The van der Waals surface area contributed by atoms with E-state index in [0.29, 0.717) is 55.6 Å². The van der Waals surface area contributed by atoms with E-state index >= 15 is 0 Å². The number of hydrogen-bond donors (Lipinski definition) is 5. The number of fused-ring (bicyclic) bond motifs is 2. The first-order valence-electron chi connectivity index (χ1n) is 13.1. The molecule has 0 saturated carbocycles. The summed E-state index contributed by atoms with van der Waals surface area (Å²) in [6.45, 7) is 7.92. The number of ketones is 2. The minimum atomic E-state index is -1.96. The summed E-state index contributed by atoms with van der Waals surface area (Å²) in [6.07, 6.45) is 13.0. The Kier molecular flexibility index (Phi) is 12.9. The number of aliphatic hydroxyl groups is 1. The van der Waals surface area contributed by atoms with E-state index < -0.39 is 20.1 Å². The zero-order valence-electron chi connectivity index (χ0n) is 22.8. The van der Waals surface area contributed by atoms with E-state index in [9.17, 15) is 19.5 Å². The van der Waals surface area contributed by atoms with Crippen molar-refractivity contribution in [2.24, 2.45) is 5.92 Å². The van der Waals surface area contributed by atoms with Crippen LogP contribution < -0.4 is 10.6 Å². The number of allylic oxidation sites excluding steroid dienone is 9. The summed E-state index contributed by atoms with van der Waals surface area (Å²) in [7, 11) is -1.96. The molecule has 1 atom stereocenters. The molecule has 2 rings (SSSR count). The Bertz CT molecular complexity index is 1090. The molecule has 0 saturated heterocycles. The molecule has 1 aliphatic carbocycles. The third-order valence-corrected chi connectivity index (χ3v) is 7.28. The van der Waals surface area contributed by atoms with Crippen molar-refractivity contribution in [3.05, 3.63) is 69.8 Å². The van der Waals surface area contributed by atoms with Gasteiger partial charge in [-0.1, -0.05) is 36.8 Å². The minimum Gasteiger partial charge on any atom is -0.512 e. The lowest BCUT2D eigenvalue weighted by Gasteiger charge is -2.23. The average Bonchev–Trinajstić information content (AvgIpc) is 2.85. The molecule has 1 aliphatic heterocycles. The molecular formula is C29H41N2O6P. The Labute approximate surface area is 226 Å². The number of carbonyl (C=O) groups is 3. The number of unbranched alkanes of at least 4 members (excludes halogenated alkanes) is 1. The van der Waals surface area contributed by atoms with Crippen LogP contribution in [0.4, 0.5) is 0 Å². The average molecular weight is 545 g/mol. The lowest BCUT2D eigenvalue weighted by molar-refractivity contribution is -0.120. The van der Waals surface area contributed by atoms with Crippen LogP contribution in [0.25, 0.3) is 0 Å². The fourth-order valence-electron chi connectivity index (χ4n) is 4.24. The topological polar surface area (TPSA) is 136 Å². The van der Waals surface area contributed by atoms with Gasteiger partial charge in [-0.25, -0.2) is 0 Å². The van der Waals surface area contributed by atoms with E-state index in [4.69, 9.17) is 9.79 Å². The Balaban J connectivity index is 2.36. The largest absolute Gasteiger partial charge is 0.512 e. The quantitative estimate of drug-likeness (QED) is 0.182. The summed E-state index contributed by atoms with van der Waals surface area (Å²) >= 11 is 0. The number of nitrogens with one attached hydrogen (secondary N) is 2. The Hall–Kier alpha value is -2.80. The molecule has 1 heterocycles. The summed E-state index contributed by atoms with van der Waals surface area (Å²) in [5.74, 6) is -0.956. The molecule has 0 aromatic rings. The van der Waals surface area contributed by atoms with Crippen LogP contribution >= 0.6 is 8.38 Å². The maximum Gasteiger partial charge on any atom is 0.251 e. The smallest absolute Gasteiger partial charge is 0.251 e. The molecule has 2 aliphatic rings. The van der Waals surface area contributed by atoms with Gasteiger partial charge in [0.05, 0.1) is 17.2 Å². The fourth-order valence-corrected chi connectivity index (χ4v) is 4.75. The molecule has 0 aromatic heterocycles. The Morgan fingerprint density at radius 2 is 1.82 bits per heavy atom. The summed E-state index contributed by atoms with van der Waals surface area (Å²) in [4.78, 5) is 57.4. The Morgan fingerprint density at radius 1 is 1.08 bits per heavy atom. The van der Waals surface area contributed by atoms with E-state index in [1.165, 1.54) is 0 Å². The van der Waals surface area contributed by atoms with Gasteiger partial charge in [-0.15, -0.1) is 0 Å². The third-order valence-electron chi connectivity index (χ3n) is 6.57. The van der Waals surface area contributed by atoms with Gasteiger partial charge in [0.1, 0.15) is 0 Å². The first kappa shape index (κ1) is 31.4. The van der Waals surface area contributed by atoms with Crippen molar-refractivity contribution in [1.29, 1.82) is 0 Å². The van der Waals surface area contributed by atoms with Gasteiger partial charge in [0, 0.05) is 36.3 Å². The second-order valence-corrected chi connectivity index (χ2v) is 11.3. The highest BCUT2D eigenvalue weighted by Crippen LogP contribution is 2.27. The van der Waals surface area contributed by atoms with E-state index in [-0.39, 0.29) is 29.3 Å². The van der Waals surface area contributed by atoms with Gasteiger partial charge in [0.25, 0.3) is 5.91 Å². The second-order valence-electron chi connectivity index (χ2n) is 10.1. The molecule has 9 heteroatoms. The van der Waals surface area contributed by atoms with Gasteiger partial charge in [-0.3, -0.25) is 14.4 Å². The van der Waals surface area contributed by atoms with Crippen LogP contribution in [0.5, 0.6) is 0 Å². The molecule has 1 unspecified atom stereocenters. The van der Waals surface area contributed by atoms with Crippen LogP contribution in [0.15, 0.2) is 69.8 Å². The van der Waals surface area contributed by atoms with Gasteiger partial charge in [-0.2, -0.15) is 0 Å². The molecule has 1 amide bonds. The first-order valence-corrected chi connectivity index (χ1v) is 14.6. The van der Waals surface area contributed by atoms with Crippen LogP contribution in [0.2, 0.25) is 0 Å². The van der Waals surface area contributed by atoms with Crippen LogP contribution in [-0.4, -0.2) is 45.1 Å². The number of amides is 1. The third kappa shape index (κ3) is 10.2.